The zero-order chi connectivity index (χ0) is 16.7. The first kappa shape index (κ1) is 17.0. The fraction of sp³-hybridized carbons (Fsp3) is 0.222. The molecule has 4 nitrogen and oxygen atoms in total. The molecule has 0 radical (unpaired) electrons. The average Bonchev–Trinajstić information content (AvgIpc) is 2.53. The van der Waals surface area contributed by atoms with Gasteiger partial charge in [0.15, 0.2) is 6.61 Å². The molecule has 0 N–H and O–H groups in total. The molecule has 0 unspecified atom stereocenters. The van der Waals surface area contributed by atoms with Gasteiger partial charge in [0.1, 0.15) is 5.75 Å². The Bertz CT molecular complexity index is 664. The lowest BCUT2D eigenvalue weighted by atomic mass is 10.2. The lowest BCUT2D eigenvalue weighted by Crippen LogP contribution is -2.18. The van der Waals surface area contributed by atoms with Crippen LogP contribution in [0, 0.1) is 0 Å². The second-order valence-corrected chi connectivity index (χ2v) is 5.57. The van der Waals surface area contributed by atoms with Gasteiger partial charge in [0, 0.05) is 11.2 Å². The van der Waals surface area contributed by atoms with Crippen LogP contribution in [0.3, 0.4) is 0 Å². The molecule has 2 aromatic carbocycles. The normalized spacial score (nSPS) is 11.0. The van der Waals surface area contributed by atoms with Gasteiger partial charge in [-0.3, -0.25) is 4.99 Å². The van der Waals surface area contributed by atoms with Crippen molar-refractivity contribution < 1.29 is 14.3 Å². The first-order valence-corrected chi connectivity index (χ1v) is 7.63. The zero-order valence-electron chi connectivity index (χ0n) is 13.0. The number of benzene rings is 2. The highest BCUT2D eigenvalue weighted by Crippen LogP contribution is 2.17. The van der Waals surface area contributed by atoms with Gasteiger partial charge in [0.05, 0.1) is 11.8 Å². The van der Waals surface area contributed by atoms with Crippen LogP contribution < -0.4 is 4.74 Å². The van der Waals surface area contributed by atoms with Gasteiger partial charge in [-0.2, -0.15) is 0 Å². The quantitative estimate of drug-likeness (QED) is 0.581. The number of nitrogens with zero attached hydrogens (tertiary/aromatic N) is 1. The standard InChI is InChI=1S/C18H18ClNO3/c1-13(2)23-18(21)12-22-17-9-3-14(4-10-17)11-20-16-7-5-15(19)6-8-16/h3-11,13H,12H2,1-2H3. The van der Waals surface area contributed by atoms with Crippen LogP contribution in [0.2, 0.25) is 5.02 Å². The van der Waals surface area contributed by atoms with Crippen LogP contribution in [-0.2, 0) is 9.53 Å². The molecule has 0 amide bonds. The molecule has 2 rings (SSSR count). The molecule has 2 aromatic rings. The van der Waals surface area contributed by atoms with Crippen molar-refractivity contribution in [3.63, 3.8) is 0 Å². The summed E-state index contributed by atoms with van der Waals surface area (Å²) < 4.78 is 10.4. The number of halogens is 1. The van der Waals surface area contributed by atoms with Gasteiger partial charge in [-0.05, 0) is 67.9 Å². The van der Waals surface area contributed by atoms with E-state index in [2.05, 4.69) is 4.99 Å². The third kappa shape index (κ3) is 6.12. The predicted octanol–water partition coefficient (Wildman–Crippen LogP) is 4.42. The lowest BCUT2D eigenvalue weighted by molar-refractivity contribution is -0.149. The molecule has 0 saturated carbocycles. The van der Waals surface area contributed by atoms with Crippen molar-refractivity contribution in [1.29, 1.82) is 0 Å². The van der Waals surface area contributed by atoms with Gasteiger partial charge in [0.25, 0.3) is 0 Å². The molecule has 0 bridgehead atoms. The average molecular weight is 332 g/mol. The summed E-state index contributed by atoms with van der Waals surface area (Å²) >= 11 is 5.83. The summed E-state index contributed by atoms with van der Waals surface area (Å²) in [6.45, 7) is 3.50. The minimum Gasteiger partial charge on any atom is -0.482 e. The van der Waals surface area contributed by atoms with E-state index in [1.54, 1.807) is 44.3 Å². The van der Waals surface area contributed by atoms with E-state index in [-0.39, 0.29) is 18.7 Å². The summed E-state index contributed by atoms with van der Waals surface area (Å²) in [6.07, 6.45) is 1.61. The largest absolute Gasteiger partial charge is 0.482 e. The SMILES string of the molecule is CC(C)OC(=O)COc1ccc(C=Nc2ccc(Cl)cc2)cc1. The number of hydrogen-bond donors (Lipinski definition) is 0. The second-order valence-electron chi connectivity index (χ2n) is 5.13. The van der Waals surface area contributed by atoms with Crippen molar-refractivity contribution in [3.8, 4) is 5.75 Å². The number of esters is 1. The first-order valence-electron chi connectivity index (χ1n) is 7.25. The van der Waals surface area contributed by atoms with Gasteiger partial charge < -0.3 is 9.47 Å². The minimum atomic E-state index is -0.381. The maximum Gasteiger partial charge on any atom is 0.344 e. The minimum absolute atomic E-state index is 0.101. The van der Waals surface area contributed by atoms with Crippen molar-refractivity contribution in [2.45, 2.75) is 20.0 Å². The molecule has 23 heavy (non-hydrogen) atoms. The molecule has 0 atom stereocenters. The number of rotatable bonds is 6. The summed E-state index contributed by atoms with van der Waals surface area (Å²) in [7, 11) is 0. The number of carbonyl (C=O) groups is 1. The lowest BCUT2D eigenvalue weighted by Gasteiger charge is -2.09. The van der Waals surface area contributed by atoms with E-state index in [1.165, 1.54) is 0 Å². The van der Waals surface area contributed by atoms with E-state index in [0.717, 1.165) is 11.3 Å². The molecule has 0 spiro atoms. The maximum atomic E-state index is 11.4. The van der Waals surface area contributed by atoms with Gasteiger partial charge in [-0.15, -0.1) is 0 Å². The molecule has 5 heteroatoms. The number of ether oxygens (including phenoxy) is 2. The molecular weight excluding hydrogens is 314 g/mol. The van der Waals surface area contributed by atoms with Crippen LogP contribution in [0.5, 0.6) is 5.75 Å². The first-order chi connectivity index (χ1) is 11.0. The highest BCUT2D eigenvalue weighted by atomic mass is 35.5. The van der Waals surface area contributed by atoms with Crippen LogP contribution >= 0.6 is 11.6 Å². The number of carbonyl (C=O) groups excluding carboxylic acids is 1. The van der Waals surface area contributed by atoms with Gasteiger partial charge >= 0.3 is 5.97 Å². The molecule has 0 aliphatic heterocycles. The Hall–Kier alpha value is -2.33. The van der Waals surface area contributed by atoms with E-state index < -0.39 is 0 Å². The van der Waals surface area contributed by atoms with Gasteiger partial charge in [-0.1, -0.05) is 11.6 Å². The predicted molar refractivity (Wildman–Crippen MR) is 91.9 cm³/mol. The fourth-order valence-electron chi connectivity index (χ4n) is 1.77. The van der Waals surface area contributed by atoms with Crippen LogP contribution in [0.25, 0.3) is 0 Å². The molecule has 0 aromatic heterocycles. The fourth-order valence-corrected chi connectivity index (χ4v) is 1.89. The third-order valence-corrected chi connectivity index (χ3v) is 3.05. The Morgan fingerprint density at radius 1 is 1.13 bits per heavy atom. The highest BCUT2D eigenvalue weighted by molar-refractivity contribution is 6.30. The van der Waals surface area contributed by atoms with Crippen molar-refractivity contribution in [3.05, 3.63) is 59.1 Å². The third-order valence-electron chi connectivity index (χ3n) is 2.79. The van der Waals surface area contributed by atoms with Gasteiger partial charge in [0.2, 0.25) is 0 Å². The van der Waals surface area contributed by atoms with Crippen molar-refractivity contribution in [2.75, 3.05) is 6.61 Å². The van der Waals surface area contributed by atoms with Crippen molar-refractivity contribution in [2.24, 2.45) is 4.99 Å². The van der Waals surface area contributed by atoms with Gasteiger partial charge in [-0.25, -0.2) is 4.79 Å². The molecule has 0 fully saturated rings. The zero-order valence-corrected chi connectivity index (χ0v) is 13.8. The Morgan fingerprint density at radius 2 is 1.78 bits per heavy atom. The summed E-state index contributed by atoms with van der Waals surface area (Å²) in [5.41, 5.74) is 1.75. The summed E-state index contributed by atoms with van der Waals surface area (Å²) in [4.78, 5) is 15.8. The Labute approximate surface area is 140 Å². The van der Waals surface area contributed by atoms with E-state index in [0.29, 0.717) is 10.8 Å². The van der Waals surface area contributed by atoms with E-state index >= 15 is 0 Å². The summed E-state index contributed by atoms with van der Waals surface area (Å²) in [6, 6.07) is 14.6. The number of aliphatic imine (C=N–C) groups is 1. The van der Waals surface area contributed by atoms with E-state index in [4.69, 9.17) is 21.1 Å². The molecule has 0 saturated heterocycles. The van der Waals surface area contributed by atoms with Crippen LogP contribution in [0.1, 0.15) is 19.4 Å². The Kier molecular flexibility index (Phi) is 6.18. The van der Waals surface area contributed by atoms with Crippen molar-refractivity contribution >= 4 is 29.5 Å². The smallest absolute Gasteiger partial charge is 0.344 e. The van der Waals surface area contributed by atoms with E-state index in [1.807, 2.05) is 24.3 Å². The Morgan fingerprint density at radius 3 is 2.39 bits per heavy atom. The topological polar surface area (TPSA) is 47.9 Å². The second kappa shape index (κ2) is 8.34. The molecule has 0 heterocycles. The highest BCUT2D eigenvalue weighted by Gasteiger charge is 2.06. The van der Waals surface area contributed by atoms with Crippen LogP contribution in [0.4, 0.5) is 5.69 Å². The summed E-state index contributed by atoms with van der Waals surface area (Å²) in [5.74, 6) is 0.225. The molecular formula is C18H18ClNO3. The van der Waals surface area contributed by atoms with E-state index in [9.17, 15) is 4.79 Å². The Balaban J connectivity index is 1.89. The maximum absolute atomic E-state index is 11.4. The monoisotopic (exact) mass is 331 g/mol. The summed E-state index contributed by atoms with van der Waals surface area (Å²) in [5, 5.41) is 0.682. The van der Waals surface area contributed by atoms with Crippen molar-refractivity contribution in [1.82, 2.24) is 0 Å². The van der Waals surface area contributed by atoms with Crippen LogP contribution in [0.15, 0.2) is 53.5 Å². The number of hydrogen-bond acceptors (Lipinski definition) is 4. The van der Waals surface area contributed by atoms with Crippen LogP contribution in [-0.4, -0.2) is 24.9 Å². The molecule has 120 valence electrons. The molecule has 0 aliphatic rings. The molecule has 0 aliphatic carbocycles.